The molecule has 112 valence electrons. The van der Waals surface area contributed by atoms with Crippen molar-refractivity contribution in [3.05, 3.63) is 23.8 Å². The Labute approximate surface area is 121 Å². The highest BCUT2D eigenvalue weighted by Crippen LogP contribution is 2.22. The Morgan fingerprint density at radius 2 is 1.85 bits per heavy atom. The first-order valence-electron chi connectivity index (χ1n) is 6.89. The molecule has 5 nitrogen and oxygen atoms in total. The predicted molar refractivity (Wildman–Crippen MR) is 81.6 cm³/mol. The second-order valence-electron chi connectivity index (χ2n) is 5.45. The summed E-state index contributed by atoms with van der Waals surface area (Å²) in [6.45, 7) is 6.24. The van der Waals surface area contributed by atoms with Gasteiger partial charge in [0.05, 0.1) is 16.3 Å². The van der Waals surface area contributed by atoms with Crippen LogP contribution in [0.25, 0.3) is 0 Å². The maximum absolute atomic E-state index is 12.4. The van der Waals surface area contributed by atoms with Gasteiger partial charge in [-0.1, -0.05) is 12.1 Å². The van der Waals surface area contributed by atoms with Gasteiger partial charge in [-0.25, -0.2) is 8.42 Å². The van der Waals surface area contributed by atoms with Crippen molar-refractivity contribution in [3.8, 4) is 0 Å². The van der Waals surface area contributed by atoms with Gasteiger partial charge in [-0.2, -0.15) is 0 Å². The Morgan fingerprint density at radius 3 is 2.50 bits per heavy atom. The maximum Gasteiger partial charge on any atom is 0.181 e. The minimum atomic E-state index is -3.31. The van der Waals surface area contributed by atoms with Crippen LogP contribution in [0.1, 0.15) is 5.56 Å². The number of rotatable bonds is 4. The van der Waals surface area contributed by atoms with Gasteiger partial charge in [0.1, 0.15) is 0 Å². The van der Waals surface area contributed by atoms with Crippen molar-refractivity contribution in [1.29, 1.82) is 0 Å². The van der Waals surface area contributed by atoms with Gasteiger partial charge in [-0.05, 0) is 25.6 Å². The Hall–Kier alpha value is -1.11. The summed E-state index contributed by atoms with van der Waals surface area (Å²) < 4.78 is 24.8. The maximum atomic E-state index is 12.4. The van der Waals surface area contributed by atoms with Gasteiger partial charge in [0.15, 0.2) is 9.84 Å². The number of nitrogen functional groups attached to an aromatic ring is 1. The van der Waals surface area contributed by atoms with Gasteiger partial charge in [-0.15, -0.1) is 0 Å². The van der Waals surface area contributed by atoms with E-state index in [1.54, 1.807) is 12.1 Å². The van der Waals surface area contributed by atoms with Crippen molar-refractivity contribution >= 4 is 15.5 Å². The van der Waals surface area contributed by atoms with Crippen molar-refractivity contribution < 1.29 is 8.42 Å². The van der Waals surface area contributed by atoms with Crippen molar-refractivity contribution in [3.63, 3.8) is 0 Å². The fourth-order valence-electron chi connectivity index (χ4n) is 2.36. The summed E-state index contributed by atoms with van der Waals surface area (Å²) in [7, 11) is -1.22. The van der Waals surface area contributed by atoms with Crippen molar-refractivity contribution in [2.75, 3.05) is 51.3 Å². The van der Waals surface area contributed by atoms with E-state index in [4.69, 9.17) is 5.73 Å². The molecule has 0 unspecified atom stereocenters. The molecule has 1 fully saturated rings. The molecule has 2 rings (SSSR count). The van der Waals surface area contributed by atoms with Gasteiger partial charge >= 0.3 is 0 Å². The van der Waals surface area contributed by atoms with Gasteiger partial charge in [0.25, 0.3) is 0 Å². The summed E-state index contributed by atoms with van der Waals surface area (Å²) in [4.78, 5) is 4.72. The molecule has 1 saturated heterocycles. The molecule has 0 spiro atoms. The van der Waals surface area contributed by atoms with E-state index in [1.165, 1.54) is 0 Å². The van der Waals surface area contributed by atoms with Gasteiger partial charge in [-0.3, -0.25) is 4.90 Å². The van der Waals surface area contributed by atoms with Crippen LogP contribution in [0.3, 0.4) is 0 Å². The van der Waals surface area contributed by atoms with E-state index in [0.717, 1.165) is 31.7 Å². The van der Waals surface area contributed by atoms with E-state index < -0.39 is 9.84 Å². The number of piperazine rings is 1. The smallest absolute Gasteiger partial charge is 0.181 e. The largest absolute Gasteiger partial charge is 0.397 e. The molecule has 1 aliphatic heterocycles. The Kier molecular flexibility index (Phi) is 4.67. The summed E-state index contributed by atoms with van der Waals surface area (Å²) >= 11 is 0. The molecular formula is C14H23N3O2S. The number of sulfone groups is 1. The van der Waals surface area contributed by atoms with E-state index in [9.17, 15) is 8.42 Å². The molecule has 0 aromatic heterocycles. The highest BCUT2D eigenvalue weighted by atomic mass is 32.2. The number of para-hydroxylation sites is 1. The third-order valence-corrected chi connectivity index (χ3v) is 5.64. The first kappa shape index (κ1) is 15.3. The zero-order valence-electron chi connectivity index (χ0n) is 12.2. The summed E-state index contributed by atoms with van der Waals surface area (Å²) in [5, 5.41) is 0. The van der Waals surface area contributed by atoms with Crippen LogP contribution < -0.4 is 5.73 Å². The first-order valence-corrected chi connectivity index (χ1v) is 8.54. The first-order chi connectivity index (χ1) is 9.40. The average molecular weight is 297 g/mol. The number of aryl methyl sites for hydroxylation is 1. The number of hydrogen-bond donors (Lipinski definition) is 1. The second kappa shape index (κ2) is 6.11. The number of benzene rings is 1. The van der Waals surface area contributed by atoms with Crippen LogP contribution in [0.2, 0.25) is 0 Å². The molecule has 2 N–H and O–H groups in total. The molecule has 0 bridgehead atoms. The van der Waals surface area contributed by atoms with Gasteiger partial charge in [0.2, 0.25) is 0 Å². The second-order valence-corrected chi connectivity index (χ2v) is 7.53. The quantitative estimate of drug-likeness (QED) is 0.824. The summed E-state index contributed by atoms with van der Waals surface area (Å²) in [5.74, 6) is 0.129. The van der Waals surface area contributed by atoms with E-state index >= 15 is 0 Å². The fourth-order valence-corrected chi connectivity index (χ4v) is 3.86. The zero-order valence-corrected chi connectivity index (χ0v) is 13.0. The molecule has 20 heavy (non-hydrogen) atoms. The summed E-state index contributed by atoms with van der Waals surface area (Å²) in [5.41, 5.74) is 7.09. The molecule has 0 saturated carbocycles. The van der Waals surface area contributed by atoms with Crippen LogP contribution in [0.5, 0.6) is 0 Å². The van der Waals surface area contributed by atoms with E-state index in [0.29, 0.717) is 12.2 Å². The molecule has 0 aliphatic carbocycles. The molecule has 0 amide bonds. The molecule has 1 aliphatic rings. The Morgan fingerprint density at radius 1 is 1.20 bits per heavy atom. The van der Waals surface area contributed by atoms with Crippen molar-refractivity contribution in [2.45, 2.75) is 11.8 Å². The molecule has 1 aromatic carbocycles. The highest BCUT2D eigenvalue weighted by molar-refractivity contribution is 7.91. The van der Waals surface area contributed by atoms with Crippen LogP contribution in [0.4, 0.5) is 5.69 Å². The topological polar surface area (TPSA) is 66.6 Å². The SMILES string of the molecule is Cc1cccc(S(=O)(=O)CCN2CCN(C)CC2)c1N. The van der Waals surface area contributed by atoms with E-state index in [-0.39, 0.29) is 10.6 Å². The monoisotopic (exact) mass is 297 g/mol. The number of nitrogens with zero attached hydrogens (tertiary/aromatic N) is 2. The van der Waals surface area contributed by atoms with Crippen molar-refractivity contribution in [1.82, 2.24) is 9.80 Å². The minimum Gasteiger partial charge on any atom is -0.397 e. The number of hydrogen-bond acceptors (Lipinski definition) is 5. The van der Waals surface area contributed by atoms with Crippen LogP contribution in [-0.4, -0.2) is 63.7 Å². The fraction of sp³-hybridized carbons (Fsp3) is 0.571. The molecular weight excluding hydrogens is 274 g/mol. The standard InChI is InChI=1S/C14H23N3O2S/c1-12-4-3-5-13(14(12)15)20(18,19)11-10-17-8-6-16(2)7-9-17/h3-5H,6-11,15H2,1-2H3. The lowest BCUT2D eigenvalue weighted by Crippen LogP contribution is -2.45. The van der Waals surface area contributed by atoms with Crippen LogP contribution >= 0.6 is 0 Å². The lowest BCUT2D eigenvalue weighted by molar-refractivity contribution is 0.161. The lowest BCUT2D eigenvalue weighted by atomic mass is 10.2. The predicted octanol–water partition coefficient (Wildman–Crippen LogP) is 0.598. The van der Waals surface area contributed by atoms with Gasteiger partial charge in [0, 0.05) is 32.7 Å². The molecule has 6 heteroatoms. The van der Waals surface area contributed by atoms with E-state index in [2.05, 4.69) is 16.8 Å². The lowest BCUT2D eigenvalue weighted by Gasteiger charge is -2.32. The molecule has 0 radical (unpaired) electrons. The van der Waals surface area contributed by atoms with Crippen LogP contribution in [-0.2, 0) is 9.84 Å². The summed E-state index contributed by atoms with van der Waals surface area (Å²) in [6, 6.07) is 5.17. The number of likely N-dealkylation sites (N-methyl/N-ethyl adjacent to an activating group) is 1. The normalized spacial score (nSPS) is 18.3. The Balaban J connectivity index is 2.03. The Bertz CT molecular complexity index is 564. The molecule has 1 aromatic rings. The number of nitrogens with two attached hydrogens (primary N) is 1. The van der Waals surface area contributed by atoms with Crippen LogP contribution in [0.15, 0.2) is 23.1 Å². The third kappa shape index (κ3) is 3.50. The molecule has 0 atom stereocenters. The average Bonchev–Trinajstić information content (AvgIpc) is 2.41. The zero-order chi connectivity index (χ0) is 14.8. The van der Waals surface area contributed by atoms with Crippen LogP contribution in [0, 0.1) is 6.92 Å². The molecule has 1 heterocycles. The third-order valence-electron chi connectivity index (χ3n) is 3.89. The highest BCUT2D eigenvalue weighted by Gasteiger charge is 2.21. The minimum absolute atomic E-state index is 0.129. The number of anilines is 1. The van der Waals surface area contributed by atoms with Crippen molar-refractivity contribution in [2.24, 2.45) is 0 Å². The summed E-state index contributed by atoms with van der Waals surface area (Å²) in [6.07, 6.45) is 0. The van der Waals surface area contributed by atoms with Gasteiger partial charge < -0.3 is 10.6 Å². The van der Waals surface area contributed by atoms with E-state index in [1.807, 2.05) is 13.0 Å².